The predicted molar refractivity (Wildman–Crippen MR) is 46.5 cm³/mol. The van der Waals surface area contributed by atoms with Gasteiger partial charge in [0, 0.05) is 6.54 Å². The molecule has 0 spiro atoms. The molecule has 0 radical (unpaired) electrons. The molecule has 1 rings (SSSR count). The van der Waals surface area contributed by atoms with Gasteiger partial charge in [0.2, 0.25) is 0 Å². The summed E-state index contributed by atoms with van der Waals surface area (Å²) in [5, 5.41) is 3.14. The third-order valence-corrected chi connectivity index (χ3v) is 1.68. The third-order valence-electron chi connectivity index (χ3n) is 1.68. The normalized spacial score (nSPS) is 21.6. The Kier molecular flexibility index (Phi) is 6.06. The molecule has 1 aliphatic heterocycles. The number of carbonyl (C=O) groups excluding carboxylic acids is 1. The second-order valence-corrected chi connectivity index (χ2v) is 2.50. The number of rotatable bonds is 3. The lowest BCUT2D eigenvalue weighted by Gasteiger charge is -2.07. The number of carbonyl (C=O) groups is 1. The highest BCUT2D eigenvalue weighted by Gasteiger charge is 2.15. The van der Waals surface area contributed by atoms with E-state index < -0.39 is 0 Å². The number of esters is 1. The topological polar surface area (TPSA) is 47.6 Å². The molecule has 1 aliphatic rings. The van der Waals surface area contributed by atoms with Crippen molar-refractivity contribution in [2.75, 3.05) is 26.8 Å². The van der Waals surface area contributed by atoms with E-state index >= 15 is 0 Å². The zero-order valence-electron chi connectivity index (χ0n) is 7.04. The van der Waals surface area contributed by atoms with Gasteiger partial charge in [-0.1, -0.05) is 0 Å². The molecule has 12 heavy (non-hydrogen) atoms. The van der Waals surface area contributed by atoms with Crippen LogP contribution in [0, 0.1) is 0 Å². The summed E-state index contributed by atoms with van der Waals surface area (Å²) < 4.78 is 9.64. The highest BCUT2D eigenvalue weighted by molar-refractivity contribution is 5.85. The Bertz CT molecular complexity index is 137. The van der Waals surface area contributed by atoms with Crippen molar-refractivity contribution < 1.29 is 14.3 Å². The van der Waals surface area contributed by atoms with Crippen LogP contribution in [0.2, 0.25) is 0 Å². The van der Waals surface area contributed by atoms with Crippen molar-refractivity contribution in [3.63, 3.8) is 0 Å². The van der Waals surface area contributed by atoms with Crippen LogP contribution in [0.4, 0.5) is 0 Å². The van der Waals surface area contributed by atoms with Gasteiger partial charge in [-0.25, -0.2) is 4.79 Å². The minimum Gasteiger partial charge on any atom is -0.467 e. The average Bonchev–Trinajstić information content (AvgIpc) is 2.52. The molecule has 0 amide bonds. The molecular weight excluding hydrogens is 182 g/mol. The molecule has 0 aromatic heterocycles. The van der Waals surface area contributed by atoms with Crippen LogP contribution < -0.4 is 5.32 Å². The second kappa shape index (κ2) is 6.22. The molecule has 1 heterocycles. The van der Waals surface area contributed by atoms with Gasteiger partial charge in [0.25, 0.3) is 0 Å². The van der Waals surface area contributed by atoms with Crippen molar-refractivity contribution in [3.05, 3.63) is 0 Å². The SMILES string of the molecule is COC(=O)CO[C@H]1CCNC1.Cl. The molecule has 72 valence electrons. The Morgan fingerprint density at radius 1 is 1.67 bits per heavy atom. The summed E-state index contributed by atoms with van der Waals surface area (Å²) in [5.74, 6) is -0.308. The van der Waals surface area contributed by atoms with Crippen LogP contribution in [0.3, 0.4) is 0 Å². The molecule has 0 bridgehead atoms. The van der Waals surface area contributed by atoms with Gasteiger partial charge in [-0.3, -0.25) is 0 Å². The number of hydrogen-bond acceptors (Lipinski definition) is 4. The lowest BCUT2D eigenvalue weighted by atomic mass is 10.3. The Balaban J connectivity index is 0.00000121. The fourth-order valence-corrected chi connectivity index (χ4v) is 1.02. The van der Waals surface area contributed by atoms with Crippen LogP contribution in [0.1, 0.15) is 6.42 Å². The fraction of sp³-hybridized carbons (Fsp3) is 0.857. The highest BCUT2D eigenvalue weighted by atomic mass is 35.5. The van der Waals surface area contributed by atoms with E-state index in [1.54, 1.807) is 0 Å². The second-order valence-electron chi connectivity index (χ2n) is 2.50. The standard InChI is InChI=1S/C7H13NO3.ClH/c1-10-7(9)5-11-6-2-3-8-4-6;/h6,8H,2-5H2,1H3;1H/t6-;/m0./s1. The number of ether oxygens (including phenoxy) is 2. The first-order chi connectivity index (χ1) is 5.33. The number of methoxy groups -OCH3 is 1. The lowest BCUT2D eigenvalue weighted by molar-refractivity contribution is -0.147. The maximum Gasteiger partial charge on any atom is 0.331 e. The quantitative estimate of drug-likeness (QED) is 0.642. The maximum absolute atomic E-state index is 10.6. The van der Waals surface area contributed by atoms with Crippen LogP contribution in [0.25, 0.3) is 0 Å². The molecule has 0 aliphatic carbocycles. The smallest absolute Gasteiger partial charge is 0.331 e. The van der Waals surface area contributed by atoms with Crippen LogP contribution in [-0.2, 0) is 14.3 Å². The van der Waals surface area contributed by atoms with E-state index in [2.05, 4.69) is 10.1 Å². The molecule has 0 unspecified atom stereocenters. The van der Waals surface area contributed by atoms with Gasteiger partial charge >= 0.3 is 5.97 Å². The first-order valence-corrected chi connectivity index (χ1v) is 3.72. The van der Waals surface area contributed by atoms with Gasteiger partial charge in [0.05, 0.1) is 13.2 Å². The molecular formula is C7H14ClNO3. The van der Waals surface area contributed by atoms with Crippen molar-refractivity contribution in [1.29, 1.82) is 0 Å². The molecule has 1 atom stereocenters. The summed E-state index contributed by atoms with van der Waals surface area (Å²) in [6.45, 7) is 1.89. The zero-order valence-corrected chi connectivity index (χ0v) is 7.86. The van der Waals surface area contributed by atoms with Crippen LogP contribution in [-0.4, -0.2) is 38.9 Å². The van der Waals surface area contributed by atoms with Crippen LogP contribution in [0.5, 0.6) is 0 Å². The van der Waals surface area contributed by atoms with Crippen LogP contribution in [0.15, 0.2) is 0 Å². The van der Waals surface area contributed by atoms with E-state index in [0.29, 0.717) is 0 Å². The average molecular weight is 196 g/mol. The Labute approximate surface area is 78.0 Å². The van der Waals surface area contributed by atoms with Gasteiger partial charge in [-0.15, -0.1) is 12.4 Å². The summed E-state index contributed by atoms with van der Waals surface area (Å²) in [5.41, 5.74) is 0. The Morgan fingerprint density at radius 3 is 2.92 bits per heavy atom. The van der Waals surface area contributed by atoms with Crippen molar-refractivity contribution in [1.82, 2.24) is 5.32 Å². The van der Waals surface area contributed by atoms with Gasteiger partial charge in [-0.05, 0) is 13.0 Å². The van der Waals surface area contributed by atoms with Crippen molar-refractivity contribution in [2.24, 2.45) is 0 Å². The third kappa shape index (κ3) is 3.90. The Hall–Kier alpha value is -0.320. The fourth-order valence-electron chi connectivity index (χ4n) is 1.02. The lowest BCUT2D eigenvalue weighted by Crippen LogP contribution is -2.21. The summed E-state index contributed by atoms with van der Waals surface area (Å²) in [6, 6.07) is 0. The molecule has 1 saturated heterocycles. The molecule has 1 fully saturated rings. The van der Waals surface area contributed by atoms with E-state index in [1.807, 2.05) is 0 Å². The summed E-state index contributed by atoms with van der Waals surface area (Å²) in [6.07, 6.45) is 1.17. The van der Waals surface area contributed by atoms with Crippen molar-refractivity contribution >= 4 is 18.4 Å². The summed E-state index contributed by atoms with van der Waals surface area (Å²) >= 11 is 0. The monoisotopic (exact) mass is 195 g/mol. The number of halogens is 1. The van der Waals surface area contributed by atoms with E-state index in [4.69, 9.17) is 4.74 Å². The number of hydrogen-bond donors (Lipinski definition) is 1. The summed E-state index contributed by atoms with van der Waals surface area (Å²) in [4.78, 5) is 10.6. The van der Waals surface area contributed by atoms with E-state index in [1.165, 1.54) is 7.11 Å². The Morgan fingerprint density at radius 2 is 2.42 bits per heavy atom. The van der Waals surface area contributed by atoms with Gasteiger partial charge < -0.3 is 14.8 Å². The van der Waals surface area contributed by atoms with E-state index in [9.17, 15) is 4.79 Å². The molecule has 0 saturated carbocycles. The van der Waals surface area contributed by atoms with E-state index in [0.717, 1.165) is 19.5 Å². The van der Waals surface area contributed by atoms with E-state index in [-0.39, 0.29) is 31.1 Å². The molecule has 0 aromatic rings. The first-order valence-electron chi connectivity index (χ1n) is 3.72. The molecule has 0 aromatic carbocycles. The molecule has 1 N–H and O–H groups in total. The molecule has 4 nitrogen and oxygen atoms in total. The largest absolute Gasteiger partial charge is 0.467 e. The minimum atomic E-state index is -0.308. The van der Waals surface area contributed by atoms with Gasteiger partial charge in [-0.2, -0.15) is 0 Å². The highest BCUT2D eigenvalue weighted by Crippen LogP contribution is 2.02. The van der Waals surface area contributed by atoms with Crippen molar-refractivity contribution in [2.45, 2.75) is 12.5 Å². The predicted octanol–water partition coefficient (Wildman–Crippen LogP) is -0.0403. The molecule has 5 heteroatoms. The van der Waals surface area contributed by atoms with Crippen molar-refractivity contribution in [3.8, 4) is 0 Å². The summed E-state index contributed by atoms with van der Waals surface area (Å²) in [7, 11) is 1.36. The zero-order chi connectivity index (χ0) is 8.10. The first kappa shape index (κ1) is 11.7. The van der Waals surface area contributed by atoms with Gasteiger partial charge in [0.15, 0.2) is 0 Å². The van der Waals surface area contributed by atoms with Gasteiger partial charge in [0.1, 0.15) is 6.61 Å². The minimum absolute atomic E-state index is 0. The van der Waals surface area contributed by atoms with Crippen LogP contribution >= 0.6 is 12.4 Å². The number of nitrogens with one attached hydrogen (secondary N) is 1. The maximum atomic E-state index is 10.6.